The van der Waals surface area contributed by atoms with E-state index in [0.717, 1.165) is 22.9 Å². The molecule has 0 atom stereocenters. The number of aromatic nitrogens is 4. The Morgan fingerprint density at radius 1 is 1.24 bits per heavy atom. The van der Waals surface area contributed by atoms with Crippen LogP contribution in [-0.4, -0.2) is 26.6 Å². The predicted octanol–water partition coefficient (Wildman–Crippen LogP) is 3.01. The van der Waals surface area contributed by atoms with Crippen LogP contribution in [0.25, 0.3) is 21.9 Å². The van der Waals surface area contributed by atoms with E-state index in [9.17, 15) is 0 Å². The van der Waals surface area contributed by atoms with Gasteiger partial charge in [-0.15, -0.1) is 11.3 Å². The van der Waals surface area contributed by atoms with Crippen LogP contribution in [0.1, 0.15) is 23.3 Å². The standard InChI is InChI=1S/C15H17N5S/c1-16-12-11-9-5-3-4-6-10(9)21-15(11)19-13(18-12)14-17-7-8-20(14)2/h7-8H,3-6H2,1-2H3,(H,16,18,19). The van der Waals surface area contributed by atoms with Crippen molar-refractivity contribution in [2.75, 3.05) is 12.4 Å². The third-order valence-corrected chi connectivity index (χ3v) is 5.26. The second kappa shape index (κ2) is 4.80. The molecule has 0 fully saturated rings. The summed E-state index contributed by atoms with van der Waals surface area (Å²) in [5, 5.41) is 4.46. The molecule has 5 nitrogen and oxygen atoms in total. The molecule has 3 aromatic rings. The number of nitrogens with one attached hydrogen (secondary N) is 1. The normalized spacial score (nSPS) is 14.4. The summed E-state index contributed by atoms with van der Waals surface area (Å²) in [6.45, 7) is 0. The van der Waals surface area contributed by atoms with Crippen molar-refractivity contribution in [2.45, 2.75) is 25.7 Å². The minimum atomic E-state index is 0.693. The Bertz CT molecular complexity index is 817. The first kappa shape index (κ1) is 12.8. The van der Waals surface area contributed by atoms with Crippen molar-refractivity contribution in [3.05, 3.63) is 22.8 Å². The van der Waals surface area contributed by atoms with Gasteiger partial charge in [0.25, 0.3) is 0 Å². The smallest absolute Gasteiger partial charge is 0.199 e. The first-order valence-corrected chi connectivity index (χ1v) is 8.07. The van der Waals surface area contributed by atoms with Gasteiger partial charge < -0.3 is 9.88 Å². The van der Waals surface area contributed by atoms with Crippen molar-refractivity contribution in [3.8, 4) is 11.6 Å². The summed E-state index contributed by atoms with van der Waals surface area (Å²) in [6.07, 6.45) is 8.58. The Balaban J connectivity index is 1.98. The maximum atomic E-state index is 4.78. The summed E-state index contributed by atoms with van der Waals surface area (Å²) in [4.78, 5) is 16.4. The van der Waals surface area contributed by atoms with Crippen LogP contribution in [0.15, 0.2) is 12.4 Å². The summed E-state index contributed by atoms with van der Waals surface area (Å²) in [5.74, 6) is 2.43. The molecule has 0 aromatic carbocycles. The summed E-state index contributed by atoms with van der Waals surface area (Å²) in [5.41, 5.74) is 1.46. The van der Waals surface area contributed by atoms with Crippen molar-refractivity contribution < 1.29 is 0 Å². The number of aryl methyl sites for hydroxylation is 3. The van der Waals surface area contributed by atoms with E-state index in [4.69, 9.17) is 9.97 Å². The van der Waals surface area contributed by atoms with E-state index in [1.165, 1.54) is 35.1 Å². The minimum absolute atomic E-state index is 0.693. The topological polar surface area (TPSA) is 55.6 Å². The lowest BCUT2D eigenvalue weighted by molar-refractivity contribution is 0.700. The molecule has 1 aliphatic carbocycles. The zero-order valence-corrected chi connectivity index (χ0v) is 13.0. The molecule has 1 aliphatic rings. The van der Waals surface area contributed by atoms with Crippen molar-refractivity contribution in [1.29, 1.82) is 0 Å². The highest BCUT2D eigenvalue weighted by molar-refractivity contribution is 7.19. The van der Waals surface area contributed by atoms with Gasteiger partial charge in [-0.05, 0) is 31.2 Å². The number of thiophene rings is 1. The molecule has 0 radical (unpaired) electrons. The van der Waals surface area contributed by atoms with Crippen molar-refractivity contribution in [3.63, 3.8) is 0 Å². The van der Waals surface area contributed by atoms with E-state index in [1.54, 1.807) is 6.20 Å². The lowest BCUT2D eigenvalue weighted by Crippen LogP contribution is -2.03. The Kier molecular flexibility index (Phi) is 2.92. The number of hydrogen-bond acceptors (Lipinski definition) is 5. The fourth-order valence-electron chi connectivity index (χ4n) is 3.02. The zero-order valence-electron chi connectivity index (χ0n) is 12.2. The molecule has 108 valence electrons. The van der Waals surface area contributed by atoms with Gasteiger partial charge in [-0.1, -0.05) is 0 Å². The summed E-state index contributed by atoms with van der Waals surface area (Å²) in [7, 11) is 3.89. The number of rotatable bonds is 2. The van der Waals surface area contributed by atoms with Crippen molar-refractivity contribution in [2.24, 2.45) is 7.05 Å². The molecule has 0 bridgehead atoms. The number of nitrogens with zero attached hydrogens (tertiary/aromatic N) is 4. The second-order valence-corrected chi connectivity index (χ2v) is 6.48. The van der Waals surface area contributed by atoms with Gasteiger partial charge in [-0.25, -0.2) is 15.0 Å². The van der Waals surface area contributed by atoms with Gasteiger partial charge in [-0.2, -0.15) is 0 Å². The average Bonchev–Trinajstić information content (AvgIpc) is 3.09. The molecule has 4 rings (SSSR count). The highest BCUT2D eigenvalue weighted by Crippen LogP contribution is 2.39. The van der Waals surface area contributed by atoms with Crippen molar-refractivity contribution in [1.82, 2.24) is 19.5 Å². The van der Waals surface area contributed by atoms with E-state index < -0.39 is 0 Å². The van der Waals surface area contributed by atoms with Gasteiger partial charge in [0.1, 0.15) is 10.6 Å². The van der Waals surface area contributed by atoms with Gasteiger partial charge in [-0.3, -0.25) is 0 Å². The quantitative estimate of drug-likeness (QED) is 0.790. The minimum Gasteiger partial charge on any atom is -0.372 e. The van der Waals surface area contributed by atoms with Crippen LogP contribution < -0.4 is 5.32 Å². The van der Waals surface area contributed by atoms with Crippen LogP contribution >= 0.6 is 11.3 Å². The van der Waals surface area contributed by atoms with Crippen LogP contribution in [0, 0.1) is 0 Å². The number of fused-ring (bicyclic) bond motifs is 3. The number of anilines is 1. The fraction of sp³-hybridized carbons (Fsp3) is 0.400. The van der Waals surface area contributed by atoms with E-state index in [1.807, 2.05) is 36.2 Å². The average molecular weight is 299 g/mol. The highest BCUT2D eigenvalue weighted by atomic mass is 32.1. The number of imidazole rings is 1. The van der Waals surface area contributed by atoms with Crippen LogP contribution in [0.5, 0.6) is 0 Å². The first-order valence-electron chi connectivity index (χ1n) is 7.25. The van der Waals surface area contributed by atoms with E-state index in [-0.39, 0.29) is 0 Å². The SMILES string of the molecule is CNc1nc(-c2nccn2C)nc2sc3c(c12)CCCC3. The lowest BCUT2D eigenvalue weighted by atomic mass is 9.97. The highest BCUT2D eigenvalue weighted by Gasteiger charge is 2.21. The Morgan fingerprint density at radius 3 is 2.86 bits per heavy atom. The molecule has 0 saturated carbocycles. The maximum absolute atomic E-state index is 4.78. The van der Waals surface area contributed by atoms with Crippen LogP contribution in [0.4, 0.5) is 5.82 Å². The largest absolute Gasteiger partial charge is 0.372 e. The molecule has 0 unspecified atom stereocenters. The number of hydrogen-bond donors (Lipinski definition) is 1. The van der Waals surface area contributed by atoms with Crippen LogP contribution in [-0.2, 0) is 19.9 Å². The van der Waals surface area contributed by atoms with Gasteiger partial charge in [0.05, 0.1) is 5.39 Å². The molecule has 3 aromatic heterocycles. The summed E-state index contributed by atoms with van der Waals surface area (Å²) < 4.78 is 1.95. The summed E-state index contributed by atoms with van der Waals surface area (Å²) in [6, 6.07) is 0. The molecule has 0 amide bonds. The first-order chi connectivity index (χ1) is 10.3. The molecule has 0 aliphatic heterocycles. The zero-order chi connectivity index (χ0) is 14.4. The fourth-order valence-corrected chi connectivity index (χ4v) is 4.28. The van der Waals surface area contributed by atoms with Crippen LogP contribution in [0.2, 0.25) is 0 Å². The van der Waals surface area contributed by atoms with Gasteiger partial charge >= 0.3 is 0 Å². The van der Waals surface area contributed by atoms with E-state index >= 15 is 0 Å². The predicted molar refractivity (Wildman–Crippen MR) is 85.8 cm³/mol. The van der Waals surface area contributed by atoms with E-state index in [0.29, 0.717) is 5.82 Å². The lowest BCUT2D eigenvalue weighted by Gasteiger charge is -2.12. The Hall–Kier alpha value is -1.95. The van der Waals surface area contributed by atoms with E-state index in [2.05, 4.69) is 10.3 Å². The maximum Gasteiger partial charge on any atom is 0.199 e. The summed E-state index contributed by atoms with van der Waals surface area (Å²) >= 11 is 1.82. The van der Waals surface area contributed by atoms with Gasteiger partial charge in [0.2, 0.25) is 0 Å². The Labute approximate surface area is 127 Å². The van der Waals surface area contributed by atoms with Crippen LogP contribution in [0.3, 0.4) is 0 Å². The van der Waals surface area contributed by atoms with Crippen molar-refractivity contribution >= 4 is 27.4 Å². The molecule has 0 saturated heterocycles. The molecule has 0 spiro atoms. The van der Waals surface area contributed by atoms with Gasteiger partial charge in [0.15, 0.2) is 11.6 Å². The van der Waals surface area contributed by atoms with Gasteiger partial charge in [0, 0.05) is 31.4 Å². The second-order valence-electron chi connectivity index (χ2n) is 5.40. The third-order valence-electron chi connectivity index (χ3n) is 4.07. The third kappa shape index (κ3) is 1.93. The molecular formula is C15H17N5S. The molecule has 1 N–H and O–H groups in total. The molecule has 21 heavy (non-hydrogen) atoms. The monoisotopic (exact) mass is 299 g/mol. The Morgan fingerprint density at radius 2 is 2.10 bits per heavy atom. The molecule has 3 heterocycles. The molecular weight excluding hydrogens is 282 g/mol. The molecule has 6 heteroatoms.